The van der Waals surface area contributed by atoms with Crippen molar-refractivity contribution in [3.63, 3.8) is 0 Å². The minimum atomic E-state index is 0.321. The lowest BCUT2D eigenvalue weighted by molar-refractivity contribution is 0.703. The van der Waals surface area contributed by atoms with Crippen LogP contribution in [0.3, 0.4) is 0 Å². The van der Waals surface area contributed by atoms with Gasteiger partial charge in [-0.15, -0.1) is 11.3 Å². The molecule has 0 saturated heterocycles. The highest BCUT2D eigenvalue weighted by Crippen LogP contribution is 2.29. The van der Waals surface area contributed by atoms with Crippen LogP contribution in [0, 0.1) is 0 Å². The summed E-state index contributed by atoms with van der Waals surface area (Å²) < 4.78 is 0. The van der Waals surface area contributed by atoms with Gasteiger partial charge >= 0.3 is 0 Å². The summed E-state index contributed by atoms with van der Waals surface area (Å²) in [6.07, 6.45) is 2.21. The van der Waals surface area contributed by atoms with Crippen molar-refractivity contribution < 1.29 is 0 Å². The van der Waals surface area contributed by atoms with Crippen LogP contribution in [0.4, 0.5) is 0 Å². The fraction of sp³-hybridized carbons (Fsp3) is 0.375. The van der Waals surface area contributed by atoms with Crippen molar-refractivity contribution in [1.29, 1.82) is 0 Å². The normalized spacial score (nSPS) is 12.6. The second-order valence-electron chi connectivity index (χ2n) is 4.48. The van der Waals surface area contributed by atoms with Gasteiger partial charge < -0.3 is 5.32 Å². The van der Waals surface area contributed by atoms with Crippen molar-refractivity contribution in [2.75, 3.05) is 7.05 Å². The summed E-state index contributed by atoms with van der Waals surface area (Å²) in [6, 6.07) is 13.7. The molecule has 0 fully saturated rings. The van der Waals surface area contributed by atoms with Gasteiger partial charge in [0.1, 0.15) is 0 Å². The minimum absolute atomic E-state index is 0.321. The molecule has 2 rings (SSSR count). The van der Waals surface area contributed by atoms with Gasteiger partial charge in [-0.25, -0.2) is 0 Å². The lowest BCUT2D eigenvalue weighted by Crippen LogP contribution is -2.16. The number of thiophene rings is 1. The largest absolute Gasteiger partial charge is 0.309 e. The average Bonchev–Trinajstić information content (AvgIpc) is 2.88. The topological polar surface area (TPSA) is 12.0 Å². The van der Waals surface area contributed by atoms with Gasteiger partial charge in [-0.2, -0.15) is 0 Å². The molecule has 0 aliphatic rings. The molecular weight excluding hydrogens is 238 g/mol. The van der Waals surface area contributed by atoms with Gasteiger partial charge in [0.2, 0.25) is 0 Å². The Balaban J connectivity index is 2.32. The minimum Gasteiger partial charge on any atom is -0.309 e. The Morgan fingerprint density at radius 2 is 1.94 bits per heavy atom. The van der Waals surface area contributed by atoms with E-state index in [1.54, 1.807) is 0 Å². The predicted octanol–water partition coefficient (Wildman–Crippen LogP) is 4.18. The summed E-state index contributed by atoms with van der Waals surface area (Å²) in [6.45, 7) is 4.41. The molecule has 0 radical (unpaired) electrons. The fourth-order valence-corrected chi connectivity index (χ4v) is 3.30. The highest BCUT2D eigenvalue weighted by molar-refractivity contribution is 7.12. The van der Waals surface area contributed by atoms with E-state index in [-0.39, 0.29) is 0 Å². The summed E-state index contributed by atoms with van der Waals surface area (Å²) in [7, 11) is 2.04. The van der Waals surface area contributed by atoms with Gasteiger partial charge in [0, 0.05) is 9.75 Å². The molecule has 1 nitrogen and oxygen atoms in total. The third-order valence-electron chi connectivity index (χ3n) is 3.30. The Hall–Kier alpha value is -1.12. The number of hydrogen-bond donors (Lipinski definition) is 1. The SMILES string of the molecule is CCc1cccc(C(NC)c2ccc(CC)s2)c1. The smallest absolute Gasteiger partial charge is 0.0668 e. The Morgan fingerprint density at radius 3 is 2.56 bits per heavy atom. The number of hydrogen-bond acceptors (Lipinski definition) is 2. The first-order valence-corrected chi connectivity index (χ1v) is 7.44. The molecule has 0 bridgehead atoms. The maximum atomic E-state index is 3.43. The molecule has 18 heavy (non-hydrogen) atoms. The summed E-state index contributed by atoms with van der Waals surface area (Å²) in [5, 5.41) is 3.43. The van der Waals surface area contributed by atoms with Crippen LogP contribution in [0.1, 0.15) is 40.8 Å². The average molecular weight is 259 g/mol. The zero-order valence-electron chi connectivity index (χ0n) is 11.4. The van der Waals surface area contributed by atoms with Crippen LogP contribution in [0.5, 0.6) is 0 Å². The van der Waals surface area contributed by atoms with E-state index in [1.165, 1.54) is 20.9 Å². The summed E-state index contributed by atoms with van der Waals surface area (Å²) >= 11 is 1.91. The van der Waals surface area contributed by atoms with Crippen LogP contribution >= 0.6 is 11.3 Å². The molecule has 0 spiro atoms. The van der Waals surface area contributed by atoms with Crippen LogP contribution < -0.4 is 5.32 Å². The number of aryl methyl sites for hydroxylation is 2. The lowest BCUT2D eigenvalue weighted by Gasteiger charge is -2.16. The highest BCUT2D eigenvalue weighted by atomic mass is 32.1. The summed E-state index contributed by atoms with van der Waals surface area (Å²) in [5.74, 6) is 0. The first-order chi connectivity index (χ1) is 8.78. The van der Waals surface area contributed by atoms with Gasteiger partial charge in [0.15, 0.2) is 0 Å². The van der Waals surface area contributed by atoms with Crippen LogP contribution in [-0.4, -0.2) is 7.05 Å². The molecule has 0 amide bonds. The molecule has 96 valence electrons. The van der Waals surface area contributed by atoms with E-state index in [4.69, 9.17) is 0 Å². The van der Waals surface area contributed by atoms with Crippen molar-refractivity contribution in [3.8, 4) is 0 Å². The first kappa shape index (κ1) is 13.3. The second-order valence-corrected chi connectivity index (χ2v) is 5.68. The fourth-order valence-electron chi connectivity index (χ4n) is 2.21. The molecule has 1 atom stereocenters. The molecule has 1 aromatic heterocycles. The van der Waals surface area contributed by atoms with Crippen LogP contribution in [0.15, 0.2) is 36.4 Å². The van der Waals surface area contributed by atoms with Crippen molar-refractivity contribution in [1.82, 2.24) is 5.32 Å². The Morgan fingerprint density at radius 1 is 1.11 bits per heavy atom. The summed E-state index contributed by atoms with van der Waals surface area (Å²) in [4.78, 5) is 2.86. The highest BCUT2D eigenvalue weighted by Gasteiger charge is 2.14. The van der Waals surface area contributed by atoms with Gasteiger partial charge in [0.05, 0.1) is 6.04 Å². The van der Waals surface area contributed by atoms with E-state index in [0.717, 1.165) is 12.8 Å². The van der Waals surface area contributed by atoms with Gasteiger partial charge in [-0.05, 0) is 43.1 Å². The van der Waals surface area contributed by atoms with Crippen molar-refractivity contribution in [2.24, 2.45) is 0 Å². The van der Waals surface area contributed by atoms with E-state index in [2.05, 4.69) is 55.6 Å². The van der Waals surface area contributed by atoms with Crippen molar-refractivity contribution in [2.45, 2.75) is 32.7 Å². The molecule has 0 aliphatic heterocycles. The molecule has 1 N–H and O–H groups in total. The molecule has 1 heterocycles. The van der Waals surface area contributed by atoms with Gasteiger partial charge in [-0.3, -0.25) is 0 Å². The number of benzene rings is 1. The Labute approximate surface area is 114 Å². The third-order valence-corrected chi connectivity index (χ3v) is 4.59. The second kappa shape index (κ2) is 6.17. The Kier molecular flexibility index (Phi) is 4.56. The maximum Gasteiger partial charge on any atom is 0.0668 e. The molecule has 0 saturated carbocycles. The van der Waals surface area contributed by atoms with E-state index in [9.17, 15) is 0 Å². The van der Waals surface area contributed by atoms with Crippen LogP contribution in [-0.2, 0) is 12.8 Å². The standard InChI is InChI=1S/C16H21NS/c1-4-12-7-6-8-13(11-12)16(17-3)15-10-9-14(5-2)18-15/h6-11,16-17H,4-5H2,1-3H3. The zero-order chi connectivity index (χ0) is 13.0. The van der Waals surface area contributed by atoms with Crippen molar-refractivity contribution >= 4 is 11.3 Å². The van der Waals surface area contributed by atoms with Crippen molar-refractivity contribution in [3.05, 3.63) is 57.3 Å². The molecular formula is C16H21NS. The van der Waals surface area contributed by atoms with Gasteiger partial charge in [0.25, 0.3) is 0 Å². The molecule has 0 aliphatic carbocycles. The zero-order valence-corrected chi connectivity index (χ0v) is 12.2. The van der Waals surface area contributed by atoms with Crippen LogP contribution in [0.2, 0.25) is 0 Å². The van der Waals surface area contributed by atoms with E-state index >= 15 is 0 Å². The van der Waals surface area contributed by atoms with E-state index in [0.29, 0.717) is 6.04 Å². The van der Waals surface area contributed by atoms with Gasteiger partial charge in [-0.1, -0.05) is 38.1 Å². The summed E-state index contributed by atoms with van der Waals surface area (Å²) in [5.41, 5.74) is 2.77. The maximum absolute atomic E-state index is 3.43. The number of rotatable bonds is 5. The molecule has 1 aromatic carbocycles. The van der Waals surface area contributed by atoms with Crippen LogP contribution in [0.25, 0.3) is 0 Å². The quantitative estimate of drug-likeness (QED) is 0.849. The first-order valence-electron chi connectivity index (χ1n) is 6.63. The molecule has 1 unspecified atom stereocenters. The van der Waals surface area contributed by atoms with E-state index in [1.807, 2.05) is 18.4 Å². The Bertz CT molecular complexity index is 501. The molecule has 2 heteroatoms. The lowest BCUT2D eigenvalue weighted by atomic mass is 10.0. The number of nitrogens with one attached hydrogen (secondary N) is 1. The van der Waals surface area contributed by atoms with E-state index < -0.39 is 0 Å². The molecule has 2 aromatic rings. The predicted molar refractivity (Wildman–Crippen MR) is 80.4 cm³/mol. The third kappa shape index (κ3) is 2.82. The monoisotopic (exact) mass is 259 g/mol.